The van der Waals surface area contributed by atoms with Crippen LogP contribution in [0.3, 0.4) is 0 Å². The third-order valence-electron chi connectivity index (χ3n) is 5.77. The molecule has 1 aromatic carbocycles. The Bertz CT molecular complexity index is 653. The number of carbonyl (C=O) groups is 1. The van der Waals surface area contributed by atoms with Crippen molar-refractivity contribution in [2.75, 3.05) is 13.1 Å². The minimum absolute atomic E-state index is 0.0759. The van der Waals surface area contributed by atoms with Crippen LogP contribution in [-0.2, 0) is 17.8 Å². The molecule has 0 radical (unpaired) electrons. The number of fused-ring (bicyclic) bond motifs is 1. The standard InChI is InChI=1S/C20H27N3O/c1-19(2,15-22-18(24)20(14-21)10-5-6-11-20)23-12-9-16-7-3-4-8-17(16)13-23/h3-4,7-8H,5-6,9-13,15H2,1-2H3,(H,22,24). The molecule has 1 aliphatic heterocycles. The van der Waals surface area contributed by atoms with Crippen LogP contribution in [0.25, 0.3) is 0 Å². The summed E-state index contributed by atoms with van der Waals surface area (Å²) in [6.07, 6.45) is 4.41. The summed E-state index contributed by atoms with van der Waals surface area (Å²) in [5.41, 5.74) is 1.90. The quantitative estimate of drug-likeness (QED) is 0.926. The van der Waals surface area contributed by atoms with Crippen LogP contribution in [0.1, 0.15) is 50.7 Å². The summed E-state index contributed by atoms with van der Waals surface area (Å²) in [6, 6.07) is 10.9. The fourth-order valence-corrected chi connectivity index (χ4v) is 3.96. The van der Waals surface area contributed by atoms with Gasteiger partial charge in [-0.1, -0.05) is 37.1 Å². The monoisotopic (exact) mass is 325 g/mol. The highest BCUT2D eigenvalue weighted by molar-refractivity contribution is 5.85. The van der Waals surface area contributed by atoms with Crippen molar-refractivity contribution in [3.63, 3.8) is 0 Å². The van der Waals surface area contributed by atoms with Gasteiger partial charge < -0.3 is 5.32 Å². The van der Waals surface area contributed by atoms with Crippen molar-refractivity contribution in [2.45, 2.75) is 58.0 Å². The molecule has 128 valence electrons. The average molecular weight is 325 g/mol. The second-order valence-corrected chi connectivity index (χ2v) is 7.84. The van der Waals surface area contributed by atoms with Gasteiger partial charge in [0.05, 0.1) is 6.07 Å². The van der Waals surface area contributed by atoms with Gasteiger partial charge in [0.2, 0.25) is 5.91 Å². The number of carbonyl (C=O) groups excluding carboxylic acids is 1. The molecule has 0 bridgehead atoms. The minimum Gasteiger partial charge on any atom is -0.353 e. The molecule has 0 unspecified atom stereocenters. The van der Waals surface area contributed by atoms with Gasteiger partial charge in [-0.2, -0.15) is 5.26 Å². The predicted molar refractivity (Wildman–Crippen MR) is 94.2 cm³/mol. The molecule has 2 aliphatic rings. The van der Waals surface area contributed by atoms with Gasteiger partial charge in [-0.3, -0.25) is 9.69 Å². The van der Waals surface area contributed by atoms with Crippen molar-refractivity contribution in [1.82, 2.24) is 10.2 Å². The number of nitrogens with zero attached hydrogens (tertiary/aromatic N) is 2. The van der Waals surface area contributed by atoms with Crippen LogP contribution in [0.4, 0.5) is 0 Å². The van der Waals surface area contributed by atoms with E-state index < -0.39 is 5.41 Å². The van der Waals surface area contributed by atoms with E-state index in [9.17, 15) is 10.1 Å². The second kappa shape index (κ2) is 6.57. The van der Waals surface area contributed by atoms with Crippen molar-refractivity contribution >= 4 is 5.91 Å². The van der Waals surface area contributed by atoms with Crippen molar-refractivity contribution in [2.24, 2.45) is 5.41 Å². The Hall–Kier alpha value is -1.86. The van der Waals surface area contributed by atoms with Gasteiger partial charge >= 0.3 is 0 Å². The normalized spacial score (nSPS) is 20.2. The Balaban J connectivity index is 1.62. The molecule has 0 atom stereocenters. The van der Waals surface area contributed by atoms with Crippen LogP contribution >= 0.6 is 0 Å². The molecular formula is C20H27N3O. The van der Waals surface area contributed by atoms with E-state index in [1.807, 2.05) is 0 Å². The largest absolute Gasteiger partial charge is 0.353 e. The van der Waals surface area contributed by atoms with E-state index in [0.29, 0.717) is 19.4 Å². The van der Waals surface area contributed by atoms with E-state index in [1.54, 1.807) is 0 Å². The van der Waals surface area contributed by atoms with Gasteiger partial charge in [0.15, 0.2) is 0 Å². The van der Waals surface area contributed by atoms with Crippen molar-refractivity contribution in [1.29, 1.82) is 5.26 Å². The number of nitriles is 1. The third kappa shape index (κ3) is 3.18. The van der Waals surface area contributed by atoms with E-state index >= 15 is 0 Å². The third-order valence-corrected chi connectivity index (χ3v) is 5.77. The number of nitrogens with one attached hydrogen (secondary N) is 1. The van der Waals surface area contributed by atoms with Gasteiger partial charge in [-0.05, 0) is 44.2 Å². The second-order valence-electron chi connectivity index (χ2n) is 7.84. The SMILES string of the molecule is CC(C)(CNC(=O)C1(C#N)CCCC1)N1CCc2ccccc2C1. The zero-order chi connectivity index (χ0) is 17.2. The lowest BCUT2D eigenvalue weighted by Gasteiger charge is -2.42. The molecule has 3 rings (SSSR count). The maximum absolute atomic E-state index is 12.6. The number of amides is 1. The van der Waals surface area contributed by atoms with Crippen LogP contribution < -0.4 is 5.32 Å². The summed E-state index contributed by atoms with van der Waals surface area (Å²) in [5.74, 6) is -0.0759. The van der Waals surface area contributed by atoms with Crippen molar-refractivity contribution in [3.8, 4) is 6.07 Å². The fraction of sp³-hybridized carbons (Fsp3) is 0.600. The molecule has 1 N–H and O–H groups in total. The Morgan fingerprint density at radius 1 is 1.29 bits per heavy atom. The number of hydrogen-bond acceptors (Lipinski definition) is 3. The smallest absolute Gasteiger partial charge is 0.240 e. The Labute approximate surface area is 144 Å². The van der Waals surface area contributed by atoms with Gasteiger partial charge in [0.1, 0.15) is 5.41 Å². The summed E-state index contributed by atoms with van der Waals surface area (Å²) in [7, 11) is 0. The van der Waals surface area contributed by atoms with Crippen molar-refractivity contribution in [3.05, 3.63) is 35.4 Å². The topological polar surface area (TPSA) is 56.1 Å². The lowest BCUT2D eigenvalue weighted by atomic mass is 9.86. The molecule has 1 fully saturated rings. The molecular weight excluding hydrogens is 298 g/mol. The zero-order valence-corrected chi connectivity index (χ0v) is 14.8. The summed E-state index contributed by atoms with van der Waals surface area (Å²) in [6.45, 7) is 6.85. The highest BCUT2D eigenvalue weighted by Gasteiger charge is 2.42. The van der Waals surface area contributed by atoms with Crippen molar-refractivity contribution < 1.29 is 4.79 Å². The molecule has 24 heavy (non-hydrogen) atoms. The summed E-state index contributed by atoms with van der Waals surface area (Å²) < 4.78 is 0. The first-order chi connectivity index (χ1) is 11.5. The van der Waals surface area contributed by atoms with E-state index in [0.717, 1.165) is 32.4 Å². The first kappa shape index (κ1) is 17.0. The number of hydrogen-bond donors (Lipinski definition) is 1. The average Bonchev–Trinajstić information content (AvgIpc) is 3.09. The molecule has 1 amide bonds. The van der Waals surface area contributed by atoms with Crippen LogP contribution in [0.2, 0.25) is 0 Å². The molecule has 1 aromatic rings. The first-order valence-corrected chi connectivity index (χ1v) is 8.98. The Morgan fingerprint density at radius 3 is 2.62 bits per heavy atom. The molecule has 0 spiro atoms. The van der Waals surface area contributed by atoms with Gasteiger partial charge in [0, 0.05) is 25.2 Å². The van der Waals surface area contributed by atoms with E-state index in [1.165, 1.54) is 11.1 Å². The van der Waals surface area contributed by atoms with Gasteiger partial charge in [-0.25, -0.2) is 0 Å². The first-order valence-electron chi connectivity index (χ1n) is 8.98. The lowest BCUT2D eigenvalue weighted by Crippen LogP contribution is -2.54. The van der Waals surface area contributed by atoms with Crippen LogP contribution in [0, 0.1) is 16.7 Å². The summed E-state index contributed by atoms with van der Waals surface area (Å²) in [4.78, 5) is 15.0. The molecule has 1 aliphatic carbocycles. The Kier molecular flexibility index (Phi) is 4.64. The fourth-order valence-electron chi connectivity index (χ4n) is 3.96. The predicted octanol–water partition coefficient (Wildman–Crippen LogP) is 3.02. The molecule has 1 heterocycles. The molecule has 0 aromatic heterocycles. The highest BCUT2D eigenvalue weighted by Crippen LogP contribution is 2.37. The molecule has 4 heteroatoms. The molecule has 4 nitrogen and oxygen atoms in total. The summed E-state index contributed by atoms with van der Waals surface area (Å²) in [5, 5.41) is 12.5. The van der Waals surface area contributed by atoms with E-state index in [2.05, 4.69) is 54.4 Å². The van der Waals surface area contributed by atoms with Crippen LogP contribution in [-0.4, -0.2) is 29.4 Å². The molecule has 0 saturated heterocycles. The Morgan fingerprint density at radius 2 is 1.96 bits per heavy atom. The summed E-state index contributed by atoms with van der Waals surface area (Å²) >= 11 is 0. The zero-order valence-electron chi connectivity index (χ0n) is 14.8. The number of rotatable bonds is 4. The lowest BCUT2D eigenvalue weighted by molar-refractivity contribution is -0.128. The minimum atomic E-state index is -0.787. The van der Waals surface area contributed by atoms with Gasteiger partial charge in [0.25, 0.3) is 0 Å². The van der Waals surface area contributed by atoms with Crippen LogP contribution in [0.5, 0.6) is 0 Å². The maximum Gasteiger partial charge on any atom is 0.240 e. The van der Waals surface area contributed by atoms with E-state index in [4.69, 9.17) is 0 Å². The highest BCUT2D eigenvalue weighted by atomic mass is 16.2. The van der Waals surface area contributed by atoms with E-state index in [-0.39, 0.29) is 11.4 Å². The number of benzene rings is 1. The van der Waals surface area contributed by atoms with Gasteiger partial charge in [-0.15, -0.1) is 0 Å². The van der Waals surface area contributed by atoms with Crippen LogP contribution in [0.15, 0.2) is 24.3 Å². The maximum atomic E-state index is 12.6. The molecule has 1 saturated carbocycles.